The van der Waals surface area contributed by atoms with Crippen LogP contribution in [0.15, 0.2) is 53.1 Å². The topological polar surface area (TPSA) is 134 Å². The Balaban J connectivity index is 1.46. The second kappa shape index (κ2) is 12.0. The summed E-state index contributed by atoms with van der Waals surface area (Å²) in [4.78, 5) is 29.9. The Hall–Kier alpha value is -4.78. The third-order valence-corrected chi connectivity index (χ3v) is 7.43. The van der Waals surface area contributed by atoms with Gasteiger partial charge < -0.3 is 24.9 Å². The summed E-state index contributed by atoms with van der Waals surface area (Å²) in [6.07, 6.45) is -1.14. The van der Waals surface area contributed by atoms with Crippen LogP contribution in [0.2, 0.25) is 0 Å². The van der Waals surface area contributed by atoms with Crippen LogP contribution < -0.4 is 20.5 Å². The summed E-state index contributed by atoms with van der Waals surface area (Å²) < 4.78 is 46.1. The van der Waals surface area contributed by atoms with Crippen molar-refractivity contribution in [2.75, 3.05) is 11.9 Å². The SMILES string of the molecule is CCOc1ccc(OCc2ccc(C(=O)Nc3c(C(N)=O)sc4nc(C(F)F)cc(-c5cn(CC)nc5C)c34)o2)cc1. The summed E-state index contributed by atoms with van der Waals surface area (Å²) in [6.45, 7) is 6.70. The molecule has 0 spiro atoms. The molecule has 0 bridgehead atoms. The maximum Gasteiger partial charge on any atom is 0.291 e. The molecule has 42 heavy (non-hydrogen) atoms. The van der Waals surface area contributed by atoms with Crippen molar-refractivity contribution in [2.45, 2.75) is 40.3 Å². The van der Waals surface area contributed by atoms with Crippen molar-refractivity contribution in [3.8, 4) is 22.6 Å². The molecule has 0 atom stereocenters. The van der Waals surface area contributed by atoms with E-state index >= 15 is 0 Å². The van der Waals surface area contributed by atoms with Gasteiger partial charge in [-0.15, -0.1) is 11.3 Å². The van der Waals surface area contributed by atoms with E-state index in [0.29, 0.717) is 46.9 Å². The molecule has 13 heteroatoms. The molecule has 0 fully saturated rings. The molecule has 5 aromatic rings. The largest absolute Gasteiger partial charge is 0.494 e. The smallest absolute Gasteiger partial charge is 0.291 e. The fourth-order valence-corrected chi connectivity index (χ4v) is 5.40. The second-order valence-electron chi connectivity index (χ2n) is 9.14. The molecule has 2 amide bonds. The highest BCUT2D eigenvalue weighted by molar-refractivity contribution is 7.21. The van der Waals surface area contributed by atoms with E-state index < -0.39 is 23.9 Å². The number of benzene rings is 1. The first-order valence-corrected chi connectivity index (χ1v) is 13.9. The van der Waals surface area contributed by atoms with Gasteiger partial charge in [0.05, 0.1) is 18.0 Å². The number of aromatic nitrogens is 3. The summed E-state index contributed by atoms with van der Waals surface area (Å²) in [7, 11) is 0. The molecule has 4 aromatic heterocycles. The maximum atomic E-state index is 13.8. The third-order valence-electron chi connectivity index (χ3n) is 6.33. The van der Waals surface area contributed by atoms with E-state index in [1.165, 1.54) is 12.1 Å². The number of rotatable bonds is 11. The molecule has 0 saturated carbocycles. The van der Waals surface area contributed by atoms with Crippen molar-refractivity contribution < 1.29 is 32.3 Å². The van der Waals surface area contributed by atoms with Crippen LogP contribution in [0, 0.1) is 6.92 Å². The predicted molar refractivity (Wildman–Crippen MR) is 153 cm³/mol. The molecule has 218 valence electrons. The molecule has 0 saturated heterocycles. The van der Waals surface area contributed by atoms with Gasteiger partial charge in [0, 0.05) is 23.7 Å². The van der Waals surface area contributed by atoms with E-state index in [1.54, 1.807) is 48.1 Å². The second-order valence-corrected chi connectivity index (χ2v) is 10.1. The van der Waals surface area contributed by atoms with Gasteiger partial charge >= 0.3 is 0 Å². The summed E-state index contributed by atoms with van der Waals surface area (Å²) in [5.41, 5.74) is 6.71. The normalized spacial score (nSPS) is 11.3. The molecular formula is C29H27F2N5O5S. The van der Waals surface area contributed by atoms with E-state index in [-0.39, 0.29) is 27.8 Å². The molecule has 0 aliphatic rings. The Morgan fingerprint density at radius 2 is 1.81 bits per heavy atom. The Morgan fingerprint density at radius 1 is 1.10 bits per heavy atom. The van der Waals surface area contributed by atoms with Crippen LogP contribution in [0.5, 0.6) is 11.5 Å². The van der Waals surface area contributed by atoms with Gasteiger partial charge in [0.25, 0.3) is 18.2 Å². The molecule has 1 aromatic carbocycles. The number of alkyl halides is 2. The Morgan fingerprint density at radius 3 is 2.43 bits per heavy atom. The number of carbonyl (C=O) groups is 2. The van der Waals surface area contributed by atoms with Crippen LogP contribution in [-0.2, 0) is 13.2 Å². The first-order valence-electron chi connectivity index (χ1n) is 13.0. The number of carbonyl (C=O) groups excluding carboxylic acids is 2. The quantitative estimate of drug-likeness (QED) is 0.182. The molecule has 4 heterocycles. The molecule has 3 N–H and O–H groups in total. The minimum atomic E-state index is -2.86. The average Bonchev–Trinajstić information content (AvgIpc) is 3.69. The van der Waals surface area contributed by atoms with E-state index in [1.807, 2.05) is 13.8 Å². The number of nitrogens with two attached hydrogens (primary N) is 1. The number of thiophene rings is 1. The van der Waals surface area contributed by atoms with Crippen LogP contribution in [0.1, 0.15) is 57.6 Å². The van der Waals surface area contributed by atoms with Crippen molar-refractivity contribution >= 4 is 39.1 Å². The molecule has 0 aliphatic heterocycles. The zero-order valence-corrected chi connectivity index (χ0v) is 23.8. The summed E-state index contributed by atoms with van der Waals surface area (Å²) in [6, 6.07) is 11.4. The van der Waals surface area contributed by atoms with E-state index in [0.717, 1.165) is 17.1 Å². The number of ether oxygens (including phenoxy) is 2. The van der Waals surface area contributed by atoms with Crippen molar-refractivity contribution in [1.82, 2.24) is 14.8 Å². The summed E-state index contributed by atoms with van der Waals surface area (Å²) in [5, 5.41) is 7.43. The number of aryl methyl sites for hydroxylation is 2. The standard InChI is InChI=1S/C29H27F2N5O5S/c1-4-36-13-20(15(3)35-36)19-12-21(26(30)31)33-29-23(19)24(25(42-29)27(32)37)34-28(38)22-11-10-18(41-22)14-40-17-8-6-16(7-9-17)39-5-2/h6-13,26H,4-5,14H2,1-3H3,(H2,32,37)(H,34,38). The van der Waals surface area contributed by atoms with Crippen LogP contribution in [0.3, 0.4) is 0 Å². The number of fused-ring (bicyclic) bond motifs is 1. The maximum absolute atomic E-state index is 13.8. The Bertz CT molecular complexity index is 1760. The summed E-state index contributed by atoms with van der Waals surface area (Å²) in [5.74, 6) is 0.115. The molecule has 5 rings (SSSR count). The third kappa shape index (κ3) is 5.81. The molecule has 0 aliphatic carbocycles. The van der Waals surface area contributed by atoms with Gasteiger partial charge in [-0.3, -0.25) is 14.3 Å². The zero-order valence-electron chi connectivity index (χ0n) is 22.9. The lowest BCUT2D eigenvalue weighted by Crippen LogP contribution is -2.16. The molecular weight excluding hydrogens is 568 g/mol. The first kappa shape index (κ1) is 28.7. The van der Waals surface area contributed by atoms with Crippen molar-refractivity contribution in [3.63, 3.8) is 0 Å². The minimum absolute atomic E-state index is 0.0373. The highest BCUT2D eigenvalue weighted by Crippen LogP contribution is 2.43. The zero-order chi connectivity index (χ0) is 30.0. The number of halogens is 2. The average molecular weight is 596 g/mol. The lowest BCUT2D eigenvalue weighted by atomic mass is 10.0. The Kier molecular flexibility index (Phi) is 8.20. The van der Waals surface area contributed by atoms with Crippen LogP contribution in [0.4, 0.5) is 14.5 Å². The highest BCUT2D eigenvalue weighted by Gasteiger charge is 2.27. The van der Waals surface area contributed by atoms with Gasteiger partial charge in [0.2, 0.25) is 0 Å². The van der Waals surface area contributed by atoms with Crippen molar-refractivity contribution in [2.24, 2.45) is 5.73 Å². The number of amides is 2. The number of anilines is 1. The lowest BCUT2D eigenvalue weighted by Gasteiger charge is -2.10. The van der Waals surface area contributed by atoms with Gasteiger partial charge in [-0.25, -0.2) is 13.8 Å². The van der Waals surface area contributed by atoms with Gasteiger partial charge in [-0.05, 0) is 68.8 Å². The Labute approximate surface area is 243 Å². The van der Waals surface area contributed by atoms with E-state index in [9.17, 15) is 18.4 Å². The minimum Gasteiger partial charge on any atom is -0.494 e. The molecule has 0 unspecified atom stereocenters. The first-order chi connectivity index (χ1) is 20.2. The number of primary amides is 1. The lowest BCUT2D eigenvalue weighted by molar-refractivity contribution is 0.0992. The van der Waals surface area contributed by atoms with Crippen LogP contribution in [-0.4, -0.2) is 33.2 Å². The van der Waals surface area contributed by atoms with Gasteiger partial charge in [-0.1, -0.05) is 0 Å². The number of hydrogen-bond donors (Lipinski definition) is 2. The fraction of sp³-hybridized carbons (Fsp3) is 0.241. The fourth-order valence-electron chi connectivity index (χ4n) is 4.38. The number of furan rings is 1. The molecule has 0 radical (unpaired) electrons. The van der Waals surface area contributed by atoms with E-state index in [4.69, 9.17) is 19.6 Å². The van der Waals surface area contributed by atoms with Crippen LogP contribution in [0.25, 0.3) is 21.3 Å². The van der Waals surface area contributed by atoms with E-state index in [2.05, 4.69) is 15.4 Å². The highest BCUT2D eigenvalue weighted by atomic mass is 32.1. The predicted octanol–water partition coefficient (Wildman–Crippen LogP) is 6.35. The van der Waals surface area contributed by atoms with Gasteiger partial charge in [0.1, 0.15) is 39.3 Å². The summed E-state index contributed by atoms with van der Waals surface area (Å²) >= 11 is 0.822. The van der Waals surface area contributed by atoms with Gasteiger partial charge in [-0.2, -0.15) is 5.10 Å². The number of pyridine rings is 1. The van der Waals surface area contributed by atoms with Crippen molar-refractivity contribution in [3.05, 3.63) is 76.4 Å². The van der Waals surface area contributed by atoms with Crippen LogP contribution >= 0.6 is 11.3 Å². The monoisotopic (exact) mass is 595 g/mol. The van der Waals surface area contributed by atoms with Crippen molar-refractivity contribution in [1.29, 1.82) is 0 Å². The number of nitrogens with one attached hydrogen (secondary N) is 1. The number of nitrogens with zero attached hydrogens (tertiary/aromatic N) is 3. The molecule has 10 nitrogen and oxygen atoms in total. The number of hydrogen-bond acceptors (Lipinski definition) is 8. The van der Waals surface area contributed by atoms with Gasteiger partial charge in [0.15, 0.2) is 5.76 Å².